The van der Waals surface area contributed by atoms with E-state index in [0.717, 1.165) is 24.5 Å². The van der Waals surface area contributed by atoms with Crippen molar-refractivity contribution < 1.29 is 9.53 Å². The minimum Gasteiger partial charge on any atom is -0.466 e. The largest absolute Gasteiger partial charge is 0.466 e. The van der Waals surface area contributed by atoms with Crippen LogP contribution >= 0.6 is 0 Å². The molecule has 0 spiro atoms. The number of hydrogen-bond acceptors (Lipinski definition) is 3. The van der Waals surface area contributed by atoms with Crippen molar-refractivity contribution in [3.05, 3.63) is 11.6 Å². The van der Waals surface area contributed by atoms with Crippen LogP contribution in [-0.2, 0) is 9.53 Å². The maximum Gasteiger partial charge on any atom is 0.333 e. The topological polar surface area (TPSA) is 29.5 Å². The maximum absolute atomic E-state index is 11.7. The molecule has 0 bridgehead atoms. The van der Waals surface area contributed by atoms with Crippen LogP contribution in [0.15, 0.2) is 11.6 Å². The molecule has 0 amide bonds. The van der Waals surface area contributed by atoms with E-state index in [0.29, 0.717) is 6.04 Å². The first-order valence-electron chi connectivity index (χ1n) is 7.21. The average Bonchev–Trinajstić information content (AvgIpc) is 2.67. The van der Waals surface area contributed by atoms with Gasteiger partial charge in [0, 0.05) is 18.2 Å². The van der Waals surface area contributed by atoms with Gasteiger partial charge in [-0.15, -0.1) is 0 Å². The zero-order valence-electron chi connectivity index (χ0n) is 11.7. The second-order valence-electron chi connectivity index (χ2n) is 5.66. The molecule has 0 N–H and O–H groups in total. The molecule has 0 saturated heterocycles. The Balaban J connectivity index is 2.10. The molecule has 1 aliphatic carbocycles. The Hall–Kier alpha value is -0.830. The third-order valence-electron chi connectivity index (χ3n) is 4.45. The van der Waals surface area contributed by atoms with Crippen LogP contribution in [0.1, 0.15) is 44.9 Å². The summed E-state index contributed by atoms with van der Waals surface area (Å²) in [4.78, 5) is 14.1. The number of rotatable bonds is 2. The number of nitrogens with zero attached hydrogens (tertiary/aromatic N) is 1. The molecule has 2 aliphatic rings. The molecule has 1 aliphatic heterocycles. The van der Waals surface area contributed by atoms with Gasteiger partial charge in [0.05, 0.1) is 7.11 Å². The van der Waals surface area contributed by atoms with Gasteiger partial charge in [0.2, 0.25) is 0 Å². The maximum atomic E-state index is 11.7. The highest BCUT2D eigenvalue weighted by Gasteiger charge is 2.29. The van der Waals surface area contributed by atoms with E-state index >= 15 is 0 Å². The summed E-state index contributed by atoms with van der Waals surface area (Å²) in [7, 11) is 3.66. The molecule has 2 rings (SSSR count). The Morgan fingerprint density at radius 1 is 1.28 bits per heavy atom. The summed E-state index contributed by atoms with van der Waals surface area (Å²) in [6.45, 7) is 0.974. The van der Waals surface area contributed by atoms with Crippen molar-refractivity contribution in [2.45, 2.75) is 51.0 Å². The van der Waals surface area contributed by atoms with Gasteiger partial charge in [-0.25, -0.2) is 4.79 Å². The number of likely N-dealkylation sites (N-methyl/N-ethyl adjacent to an activating group) is 1. The standard InChI is InChI=1S/C15H25NO2/c1-16-10-9-13(15(17)18-2)11-14(16)12-7-5-3-4-6-8-12/h11-12,14H,3-10H2,1-2H3. The minimum atomic E-state index is -0.137. The first kappa shape index (κ1) is 13.6. The third kappa shape index (κ3) is 3.14. The lowest BCUT2D eigenvalue weighted by Gasteiger charge is -2.36. The van der Waals surface area contributed by atoms with Gasteiger partial charge in [-0.1, -0.05) is 31.8 Å². The Morgan fingerprint density at radius 2 is 1.94 bits per heavy atom. The first-order chi connectivity index (χ1) is 8.72. The summed E-state index contributed by atoms with van der Waals surface area (Å²) in [5.41, 5.74) is 0.879. The summed E-state index contributed by atoms with van der Waals surface area (Å²) in [6, 6.07) is 0.436. The molecule has 3 nitrogen and oxygen atoms in total. The van der Waals surface area contributed by atoms with Crippen LogP contribution in [0.5, 0.6) is 0 Å². The number of ether oxygens (including phenoxy) is 1. The zero-order chi connectivity index (χ0) is 13.0. The first-order valence-corrected chi connectivity index (χ1v) is 7.21. The lowest BCUT2D eigenvalue weighted by molar-refractivity contribution is -0.136. The highest BCUT2D eigenvalue weighted by Crippen LogP contribution is 2.31. The van der Waals surface area contributed by atoms with Crippen LogP contribution < -0.4 is 0 Å². The van der Waals surface area contributed by atoms with E-state index in [2.05, 4.69) is 18.0 Å². The summed E-state index contributed by atoms with van der Waals surface area (Å²) in [5, 5.41) is 0. The second kappa shape index (κ2) is 6.37. The van der Waals surface area contributed by atoms with Crippen LogP contribution in [0.25, 0.3) is 0 Å². The van der Waals surface area contributed by atoms with Crippen LogP contribution in [0.2, 0.25) is 0 Å². The molecule has 0 aromatic heterocycles. The molecule has 1 atom stereocenters. The van der Waals surface area contributed by atoms with Crippen molar-refractivity contribution in [2.75, 3.05) is 20.7 Å². The molecule has 1 heterocycles. The van der Waals surface area contributed by atoms with Gasteiger partial charge in [0.1, 0.15) is 0 Å². The van der Waals surface area contributed by atoms with E-state index in [1.165, 1.54) is 45.6 Å². The van der Waals surface area contributed by atoms with E-state index in [-0.39, 0.29) is 5.97 Å². The molecule has 0 radical (unpaired) electrons. The highest BCUT2D eigenvalue weighted by atomic mass is 16.5. The van der Waals surface area contributed by atoms with Crippen molar-refractivity contribution in [1.82, 2.24) is 4.90 Å². The van der Waals surface area contributed by atoms with Gasteiger partial charge in [0.15, 0.2) is 0 Å². The number of carbonyl (C=O) groups is 1. The molecule has 18 heavy (non-hydrogen) atoms. The van der Waals surface area contributed by atoms with Crippen molar-refractivity contribution in [3.8, 4) is 0 Å². The van der Waals surface area contributed by atoms with Crippen LogP contribution in [0, 0.1) is 5.92 Å². The Labute approximate surface area is 110 Å². The van der Waals surface area contributed by atoms with E-state index in [1.54, 1.807) is 0 Å². The summed E-state index contributed by atoms with van der Waals surface area (Å²) in [6.07, 6.45) is 11.0. The molecule has 1 saturated carbocycles. The molecule has 3 heteroatoms. The van der Waals surface area contributed by atoms with Gasteiger partial charge in [-0.05, 0) is 32.2 Å². The average molecular weight is 251 g/mol. The third-order valence-corrected chi connectivity index (χ3v) is 4.45. The van der Waals surface area contributed by atoms with Crippen molar-refractivity contribution >= 4 is 5.97 Å². The molecule has 1 unspecified atom stereocenters. The lowest BCUT2D eigenvalue weighted by atomic mass is 9.87. The van der Waals surface area contributed by atoms with Crippen molar-refractivity contribution in [3.63, 3.8) is 0 Å². The lowest BCUT2D eigenvalue weighted by Crippen LogP contribution is -2.41. The summed E-state index contributed by atoms with van der Waals surface area (Å²) in [5.74, 6) is 0.583. The zero-order valence-corrected chi connectivity index (χ0v) is 11.7. The molecule has 102 valence electrons. The normalized spacial score (nSPS) is 27.4. The van der Waals surface area contributed by atoms with E-state index < -0.39 is 0 Å². The number of hydrogen-bond donors (Lipinski definition) is 0. The Bertz CT molecular complexity index is 316. The predicted molar refractivity (Wildman–Crippen MR) is 72.3 cm³/mol. The fourth-order valence-electron chi connectivity index (χ4n) is 3.31. The summed E-state index contributed by atoms with van der Waals surface area (Å²) >= 11 is 0. The van der Waals surface area contributed by atoms with Crippen LogP contribution in [0.4, 0.5) is 0 Å². The SMILES string of the molecule is COC(=O)C1=CC(C2CCCCCC2)N(C)CC1. The molecular weight excluding hydrogens is 226 g/mol. The van der Waals surface area contributed by atoms with Gasteiger partial charge < -0.3 is 4.74 Å². The molecular formula is C15H25NO2. The van der Waals surface area contributed by atoms with E-state index in [9.17, 15) is 4.79 Å². The van der Waals surface area contributed by atoms with E-state index in [4.69, 9.17) is 4.74 Å². The van der Waals surface area contributed by atoms with Gasteiger partial charge in [0.25, 0.3) is 0 Å². The van der Waals surface area contributed by atoms with Gasteiger partial charge in [-0.3, -0.25) is 4.90 Å². The highest BCUT2D eigenvalue weighted by molar-refractivity contribution is 5.88. The van der Waals surface area contributed by atoms with Crippen molar-refractivity contribution in [1.29, 1.82) is 0 Å². The van der Waals surface area contributed by atoms with Gasteiger partial charge >= 0.3 is 5.97 Å². The molecule has 0 aromatic carbocycles. The fourth-order valence-corrected chi connectivity index (χ4v) is 3.31. The van der Waals surface area contributed by atoms with Gasteiger partial charge in [-0.2, -0.15) is 0 Å². The molecule has 1 fully saturated rings. The predicted octanol–water partition coefficient (Wildman–Crippen LogP) is 2.76. The van der Waals surface area contributed by atoms with Crippen LogP contribution in [-0.4, -0.2) is 37.6 Å². The second-order valence-corrected chi connectivity index (χ2v) is 5.66. The Kier molecular flexibility index (Phi) is 4.81. The smallest absolute Gasteiger partial charge is 0.333 e. The molecule has 0 aromatic rings. The number of methoxy groups -OCH3 is 1. The Morgan fingerprint density at radius 3 is 2.56 bits per heavy atom. The van der Waals surface area contributed by atoms with Crippen LogP contribution in [0.3, 0.4) is 0 Å². The minimum absolute atomic E-state index is 0.137. The number of carbonyl (C=O) groups excluding carboxylic acids is 1. The van der Waals surface area contributed by atoms with E-state index in [1.807, 2.05) is 0 Å². The fraction of sp³-hybridized carbons (Fsp3) is 0.800. The monoisotopic (exact) mass is 251 g/mol. The quantitative estimate of drug-likeness (QED) is 0.558. The number of esters is 1. The van der Waals surface area contributed by atoms with Crippen molar-refractivity contribution in [2.24, 2.45) is 5.92 Å². The summed E-state index contributed by atoms with van der Waals surface area (Å²) < 4.78 is 4.86.